The highest BCUT2D eigenvalue weighted by Gasteiger charge is 2.41. The highest BCUT2D eigenvalue weighted by atomic mass is 35.5. The second-order valence-electron chi connectivity index (χ2n) is 8.52. The lowest BCUT2D eigenvalue weighted by molar-refractivity contribution is -0.149. The number of rotatable bonds is 8. The van der Waals surface area contributed by atoms with Gasteiger partial charge in [-0.15, -0.1) is 0 Å². The van der Waals surface area contributed by atoms with Crippen LogP contribution >= 0.6 is 11.6 Å². The summed E-state index contributed by atoms with van der Waals surface area (Å²) in [6.07, 6.45) is 9.11. The normalized spacial score (nSPS) is 19.3. The van der Waals surface area contributed by atoms with Gasteiger partial charge in [-0.05, 0) is 42.2 Å². The number of pyridine rings is 1. The maximum atomic E-state index is 13.9. The summed E-state index contributed by atoms with van der Waals surface area (Å²) in [5.74, 6) is -1.55. The molecule has 4 rings (SSSR count). The van der Waals surface area contributed by atoms with Crippen LogP contribution in [0.25, 0.3) is 0 Å². The summed E-state index contributed by atoms with van der Waals surface area (Å²) in [5, 5.41) is 3.02. The van der Waals surface area contributed by atoms with Crippen LogP contribution in [-0.4, -0.2) is 35.5 Å². The molecule has 2 atom stereocenters. The summed E-state index contributed by atoms with van der Waals surface area (Å²) in [4.78, 5) is 32.9. The van der Waals surface area contributed by atoms with Gasteiger partial charge < -0.3 is 10.1 Å². The van der Waals surface area contributed by atoms with E-state index in [1.54, 1.807) is 42.7 Å². The molecule has 1 aliphatic heterocycles. The van der Waals surface area contributed by atoms with Crippen LogP contribution in [0.15, 0.2) is 78.7 Å². The van der Waals surface area contributed by atoms with Gasteiger partial charge in [-0.25, -0.2) is 4.98 Å². The van der Waals surface area contributed by atoms with Gasteiger partial charge in [0.25, 0.3) is 0 Å². The molecule has 2 heterocycles. The minimum atomic E-state index is -1.08. The van der Waals surface area contributed by atoms with Crippen molar-refractivity contribution in [2.45, 2.75) is 31.2 Å². The fourth-order valence-electron chi connectivity index (χ4n) is 3.43. The molecule has 166 valence electrons. The molecule has 6 nitrogen and oxygen atoms in total. The number of hydrogen-bond donors (Lipinski definition) is 1. The SMILES string of the molecule is CC1(COC(=O)C(C(=O)N(CC2=CNC(Cl)C=C2)c2ccccn2)c2ccccc2)CC1. The predicted octanol–water partition coefficient (Wildman–Crippen LogP) is 4.15. The molecule has 2 aliphatic rings. The van der Waals surface area contributed by atoms with E-state index in [2.05, 4.69) is 17.2 Å². The Kier molecular flexibility index (Phi) is 6.61. The number of alkyl halides is 1. The standard InChI is InChI=1S/C25H26ClN3O3/c1-25(12-13-25)17-32-24(31)22(19-7-3-2-4-8-19)23(30)29(21-9-5-6-14-27-21)16-18-10-11-20(26)28-15-18/h2-11,14-15,20,22,28H,12-13,16-17H2,1H3. The molecular formula is C25H26ClN3O3. The lowest BCUT2D eigenvalue weighted by Crippen LogP contribution is -2.41. The first kappa shape index (κ1) is 22.1. The number of carbonyl (C=O) groups is 2. The second kappa shape index (κ2) is 9.57. The molecule has 1 fully saturated rings. The fraction of sp³-hybridized carbons (Fsp3) is 0.320. The van der Waals surface area contributed by atoms with E-state index >= 15 is 0 Å². The number of esters is 1. The van der Waals surface area contributed by atoms with Gasteiger partial charge in [-0.3, -0.25) is 14.5 Å². The number of nitrogens with one attached hydrogen (secondary N) is 1. The number of anilines is 1. The molecule has 0 bridgehead atoms. The van der Waals surface area contributed by atoms with Gasteiger partial charge in [0.05, 0.1) is 13.2 Å². The van der Waals surface area contributed by atoms with Crippen LogP contribution in [0.5, 0.6) is 0 Å². The zero-order valence-corrected chi connectivity index (χ0v) is 18.7. The zero-order valence-electron chi connectivity index (χ0n) is 17.9. The largest absolute Gasteiger partial charge is 0.464 e. The van der Waals surface area contributed by atoms with Gasteiger partial charge in [0, 0.05) is 17.8 Å². The molecule has 1 aromatic carbocycles. The third kappa shape index (κ3) is 5.37. The number of aromatic nitrogens is 1. The summed E-state index contributed by atoms with van der Waals surface area (Å²) < 4.78 is 5.63. The van der Waals surface area contributed by atoms with E-state index in [0.717, 1.165) is 18.4 Å². The van der Waals surface area contributed by atoms with E-state index in [9.17, 15) is 9.59 Å². The number of halogens is 1. The maximum Gasteiger partial charge on any atom is 0.323 e. The van der Waals surface area contributed by atoms with E-state index in [0.29, 0.717) is 18.0 Å². The quantitative estimate of drug-likeness (QED) is 0.282. The Labute approximate surface area is 192 Å². The summed E-state index contributed by atoms with van der Waals surface area (Å²) in [6, 6.07) is 14.4. The van der Waals surface area contributed by atoms with E-state index in [1.807, 2.05) is 30.3 Å². The number of dihydropyridines is 1. The lowest BCUT2D eigenvalue weighted by Gasteiger charge is -2.27. The third-order valence-electron chi connectivity index (χ3n) is 5.72. The number of carbonyl (C=O) groups excluding carboxylic acids is 2. The molecule has 1 amide bonds. The highest BCUT2D eigenvalue weighted by Crippen LogP contribution is 2.45. The molecular weight excluding hydrogens is 426 g/mol. The van der Waals surface area contributed by atoms with Gasteiger partial charge in [-0.2, -0.15) is 0 Å². The summed E-state index contributed by atoms with van der Waals surface area (Å²) in [5.41, 5.74) is 1.17. The highest BCUT2D eigenvalue weighted by molar-refractivity contribution is 6.21. The van der Waals surface area contributed by atoms with Crippen molar-refractivity contribution < 1.29 is 14.3 Å². The monoisotopic (exact) mass is 451 g/mol. The zero-order chi connectivity index (χ0) is 22.6. The topological polar surface area (TPSA) is 71.5 Å². The minimum absolute atomic E-state index is 0.0299. The molecule has 7 heteroatoms. The molecule has 0 radical (unpaired) electrons. The Hall–Kier alpha value is -3.12. The van der Waals surface area contributed by atoms with Crippen molar-refractivity contribution >= 4 is 29.3 Å². The second-order valence-corrected chi connectivity index (χ2v) is 8.99. The van der Waals surface area contributed by atoms with Crippen molar-refractivity contribution in [3.63, 3.8) is 0 Å². The van der Waals surface area contributed by atoms with Crippen LogP contribution in [0.1, 0.15) is 31.2 Å². The van der Waals surface area contributed by atoms with E-state index in [4.69, 9.17) is 16.3 Å². The van der Waals surface area contributed by atoms with Crippen LogP contribution in [-0.2, 0) is 14.3 Å². The molecule has 1 aliphatic carbocycles. The number of nitrogens with zero attached hydrogens (tertiary/aromatic N) is 2. The Balaban J connectivity index is 1.64. The van der Waals surface area contributed by atoms with Crippen LogP contribution in [0.4, 0.5) is 5.82 Å². The van der Waals surface area contributed by atoms with Crippen molar-refractivity contribution in [3.8, 4) is 0 Å². The van der Waals surface area contributed by atoms with Gasteiger partial charge >= 0.3 is 5.97 Å². The van der Waals surface area contributed by atoms with Gasteiger partial charge in [0.15, 0.2) is 5.92 Å². The Bertz CT molecular complexity index is 1020. The van der Waals surface area contributed by atoms with E-state index in [1.165, 1.54) is 4.90 Å². The first-order valence-corrected chi connectivity index (χ1v) is 11.1. The molecule has 1 aromatic heterocycles. The molecule has 1 N–H and O–H groups in total. The molecule has 0 saturated heterocycles. The average molecular weight is 452 g/mol. The average Bonchev–Trinajstić information content (AvgIpc) is 3.56. The Morgan fingerprint density at radius 2 is 1.97 bits per heavy atom. The van der Waals surface area contributed by atoms with Crippen LogP contribution < -0.4 is 10.2 Å². The van der Waals surface area contributed by atoms with Gasteiger partial charge in [-0.1, -0.05) is 61.0 Å². The van der Waals surface area contributed by atoms with Crippen LogP contribution in [0.3, 0.4) is 0 Å². The smallest absolute Gasteiger partial charge is 0.323 e. The van der Waals surface area contributed by atoms with Crippen molar-refractivity contribution in [3.05, 3.63) is 84.2 Å². The molecule has 0 spiro atoms. The Morgan fingerprint density at radius 3 is 2.59 bits per heavy atom. The summed E-state index contributed by atoms with van der Waals surface area (Å²) in [6.45, 7) is 2.64. The summed E-state index contributed by atoms with van der Waals surface area (Å²) >= 11 is 6.05. The Morgan fingerprint density at radius 1 is 1.22 bits per heavy atom. The number of hydrogen-bond acceptors (Lipinski definition) is 5. The summed E-state index contributed by atoms with van der Waals surface area (Å²) in [7, 11) is 0. The van der Waals surface area contributed by atoms with Crippen molar-refractivity contribution in [2.24, 2.45) is 5.41 Å². The first-order valence-electron chi connectivity index (χ1n) is 10.7. The fourth-order valence-corrected chi connectivity index (χ4v) is 3.57. The van der Waals surface area contributed by atoms with Crippen molar-refractivity contribution in [2.75, 3.05) is 18.1 Å². The van der Waals surface area contributed by atoms with E-state index in [-0.39, 0.29) is 23.4 Å². The van der Waals surface area contributed by atoms with Crippen molar-refractivity contribution in [1.82, 2.24) is 10.3 Å². The predicted molar refractivity (Wildman–Crippen MR) is 124 cm³/mol. The lowest BCUT2D eigenvalue weighted by atomic mass is 9.97. The van der Waals surface area contributed by atoms with Crippen LogP contribution in [0.2, 0.25) is 0 Å². The molecule has 1 saturated carbocycles. The minimum Gasteiger partial charge on any atom is -0.464 e. The first-order chi connectivity index (χ1) is 15.5. The third-order valence-corrected chi connectivity index (χ3v) is 5.99. The number of ether oxygens (including phenoxy) is 1. The number of benzene rings is 1. The molecule has 2 aromatic rings. The van der Waals surface area contributed by atoms with Gasteiger partial charge in [0.2, 0.25) is 5.91 Å². The van der Waals surface area contributed by atoms with Gasteiger partial charge in [0.1, 0.15) is 11.3 Å². The maximum absolute atomic E-state index is 13.9. The molecule has 2 unspecified atom stereocenters. The molecule has 32 heavy (non-hydrogen) atoms. The van der Waals surface area contributed by atoms with Crippen molar-refractivity contribution in [1.29, 1.82) is 0 Å². The van der Waals surface area contributed by atoms with E-state index < -0.39 is 11.9 Å². The number of amides is 1. The van der Waals surface area contributed by atoms with Crippen LogP contribution in [0, 0.1) is 5.41 Å².